The van der Waals surface area contributed by atoms with Crippen LogP contribution in [-0.4, -0.2) is 26.9 Å². The maximum atomic E-state index is 13.1. The Morgan fingerprint density at radius 3 is 2.09 bits per heavy atom. The molecule has 0 heterocycles. The molecule has 3 rings (SSSR count). The minimum Gasteiger partial charge on any atom is -0.462 e. The van der Waals surface area contributed by atoms with E-state index in [4.69, 9.17) is 4.74 Å². The number of esters is 1. The van der Waals surface area contributed by atoms with Crippen molar-refractivity contribution in [2.45, 2.75) is 39.5 Å². The van der Waals surface area contributed by atoms with Crippen LogP contribution in [0.25, 0.3) is 0 Å². The number of anilines is 2. The van der Waals surface area contributed by atoms with E-state index in [1.54, 1.807) is 57.2 Å². The molecule has 0 radical (unpaired) electrons. The molecule has 3 aromatic rings. The summed E-state index contributed by atoms with van der Waals surface area (Å²) < 4.78 is 33.8. The predicted octanol–water partition coefficient (Wildman–Crippen LogP) is 5.15. The molecule has 34 heavy (non-hydrogen) atoms. The van der Waals surface area contributed by atoms with Crippen LogP contribution in [0.1, 0.15) is 49.9 Å². The largest absolute Gasteiger partial charge is 0.462 e. The van der Waals surface area contributed by atoms with Gasteiger partial charge >= 0.3 is 5.97 Å². The van der Waals surface area contributed by atoms with Gasteiger partial charge in [0.05, 0.1) is 22.8 Å². The highest BCUT2D eigenvalue weighted by molar-refractivity contribution is 7.92. The highest BCUT2D eigenvalue weighted by atomic mass is 32.2. The number of ether oxygens (including phenoxy) is 1. The second-order valence-electron chi connectivity index (χ2n) is 8.11. The third-order valence-electron chi connectivity index (χ3n) is 5.35. The fraction of sp³-hybridized carbons (Fsp3) is 0.231. The van der Waals surface area contributed by atoms with Crippen molar-refractivity contribution in [2.24, 2.45) is 0 Å². The van der Waals surface area contributed by atoms with Crippen LogP contribution in [0.5, 0.6) is 0 Å². The highest BCUT2D eigenvalue weighted by Gasteiger charge is 2.20. The Balaban J connectivity index is 1.85. The topological polar surface area (TPSA) is 102 Å². The number of nitrogens with one attached hydrogen (secondary N) is 2. The molecule has 0 bridgehead atoms. The van der Waals surface area contributed by atoms with E-state index in [0.29, 0.717) is 28.1 Å². The third-order valence-corrected chi connectivity index (χ3v) is 6.86. The van der Waals surface area contributed by atoms with E-state index < -0.39 is 21.9 Å². The normalized spacial score (nSPS) is 11.1. The van der Waals surface area contributed by atoms with E-state index in [0.717, 1.165) is 11.1 Å². The summed E-state index contributed by atoms with van der Waals surface area (Å²) in [6.45, 7) is 9.20. The van der Waals surface area contributed by atoms with Gasteiger partial charge in [-0.1, -0.05) is 23.8 Å². The van der Waals surface area contributed by atoms with Crippen LogP contribution in [0.4, 0.5) is 11.4 Å². The molecule has 2 N–H and O–H groups in total. The standard InChI is InChI=1S/C26H28N2O5S/c1-6-33-26(30)21-10-12-22(19(5)14-21)27-25(29)20-9-8-17(3)24(15-20)34(31,32)28-23-11-7-16(2)13-18(23)4/h7-15,28H,6H2,1-5H3,(H,27,29). The molecule has 0 saturated heterocycles. The molecule has 3 aromatic carbocycles. The van der Waals surface area contributed by atoms with Crippen molar-refractivity contribution in [2.75, 3.05) is 16.6 Å². The minimum atomic E-state index is -3.92. The summed E-state index contributed by atoms with van der Waals surface area (Å²) in [5, 5.41) is 2.78. The molecule has 7 nitrogen and oxygen atoms in total. The monoisotopic (exact) mass is 480 g/mol. The summed E-state index contributed by atoms with van der Waals surface area (Å²) in [5.41, 5.74) is 4.60. The van der Waals surface area contributed by atoms with Gasteiger partial charge in [-0.2, -0.15) is 0 Å². The van der Waals surface area contributed by atoms with Crippen LogP contribution < -0.4 is 10.0 Å². The first-order valence-corrected chi connectivity index (χ1v) is 12.3. The van der Waals surface area contributed by atoms with Crippen LogP contribution in [0.2, 0.25) is 0 Å². The van der Waals surface area contributed by atoms with Crippen LogP contribution in [0.15, 0.2) is 59.5 Å². The first kappa shape index (κ1) is 25.0. The lowest BCUT2D eigenvalue weighted by Gasteiger charge is -2.14. The van der Waals surface area contributed by atoms with Crippen molar-refractivity contribution in [1.82, 2.24) is 0 Å². The molecule has 0 aliphatic heterocycles. The van der Waals surface area contributed by atoms with E-state index in [1.165, 1.54) is 6.07 Å². The van der Waals surface area contributed by atoms with Gasteiger partial charge in [-0.05, 0) is 87.7 Å². The molecule has 0 atom stereocenters. The molecular formula is C26H28N2O5S. The average Bonchev–Trinajstić information content (AvgIpc) is 2.77. The van der Waals surface area contributed by atoms with Crippen LogP contribution in [-0.2, 0) is 14.8 Å². The van der Waals surface area contributed by atoms with Gasteiger partial charge < -0.3 is 10.1 Å². The summed E-state index contributed by atoms with van der Waals surface area (Å²) >= 11 is 0. The molecule has 1 amide bonds. The van der Waals surface area contributed by atoms with E-state index in [9.17, 15) is 18.0 Å². The van der Waals surface area contributed by atoms with Gasteiger partial charge in [-0.25, -0.2) is 13.2 Å². The number of aryl methyl sites for hydroxylation is 4. The number of hydrogen-bond donors (Lipinski definition) is 2. The van der Waals surface area contributed by atoms with Gasteiger partial charge in [-0.15, -0.1) is 0 Å². The molecule has 0 aliphatic rings. The number of rotatable bonds is 7. The summed E-state index contributed by atoms with van der Waals surface area (Å²) in [6, 6.07) is 14.8. The first-order chi connectivity index (χ1) is 16.0. The smallest absolute Gasteiger partial charge is 0.338 e. The van der Waals surface area contributed by atoms with E-state index in [-0.39, 0.29) is 17.1 Å². The van der Waals surface area contributed by atoms with Gasteiger partial charge in [-0.3, -0.25) is 9.52 Å². The van der Waals surface area contributed by atoms with Crippen molar-refractivity contribution >= 4 is 33.3 Å². The fourth-order valence-electron chi connectivity index (χ4n) is 3.50. The Morgan fingerprint density at radius 2 is 1.44 bits per heavy atom. The second-order valence-corrected chi connectivity index (χ2v) is 9.76. The first-order valence-electron chi connectivity index (χ1n) is 10.8. The molecule has 178 valence electrons. The lowest BCUT2D eigenvalue weighted by atomic mass is 10.1. The molecule has 0 fully saturated rings. The molecule has 0 unspecified atom stereocenters. The Morgan fingerprint density at radius 1 is 0.794 bits per heavy atom. The lowest BCUT2D eigenvalue weighted by molar-refractivity contribution is 0.0526. The predicted molar refractivity (Wildman–Crippen MR) is 133 cm³/mol. The zero-order chi connectivity index (χ0) is 25.0. The molecule has 0 saturated carbocycles. The van der Waals surface area contributed by atoms with Gasteiger partial charge in [0.1, 0.15) is 0 Å². The Labute approximate surface area is 200 Å². The molecule has 8 heteroatoms. The van der Waals surface area contributed by atoms with Gasteiger partial charge in [0.2, 0.25) is 0 Å². The number of benzene rings is 3. The molecular weight excluding hydrogens is 452 g/mol. The van der Waals surface area contributed by atoms with Crippen LogP contribution in [0, 0.1) is 27.7 Å². The number of sulfonamides is 1. The van der Waals surface area contributed by atoms with Gasteiger partial charge in [0, 0.05) is 11.3 Å². The Kier molecular flexibility index (Phi) is 7.41. The maximum absolute atomic E-state index is 13.1. The quantitative estimate of drug-likeness (QED) is 0.456. The number of amides is 1. The van der Waals surface area contributed by atoms with Crippen molar-refractivity contribution < 1.29 is 22.7 Å². The van der Waals surface area contributed by atoms with E-state index in [2.05, 4.69) is 10.0 Å². The van der Waals surface area contributed by atoms with Gasteiger partial charge in [0.15, 0.2) is 0 Å². The highest BCUT2D eigenvalue weighted by Crippen LogP contribution is 2.25. The summed E-state index contributed by atoms with van der Waals surface area (Å²) in [6.07, 6.45) is 0. The van der Waals surface area contributed by atoms with Crippen LogP contribution >= 0.6 is 0 Å². The molecule has 0 aliphatic carbocycles. The summed E-state index contributed by atoms with van der Waals surface area (Å²) in [4.78, 5) is 24.8. The van der Waals surface area contributed by atoms with Crippen LogP contribution in [0.3, 0.4) is 0 Å². The SMILES string of the molecule is CCOC(=O)c1ccc(NC(=O)c2ccc(C)c(S(=O)(=O)Nc3ccc(C)cc3C)c2)c(C)c1. The Hall–Kier alpha value is -3.65. The van der Waals surface area contributed by atoms with Crippen molar-refractivity contribution in [3.63, 3.8) is 0 Å². The summed E-state index contributed by atoms with van der Waals surface area (Å²) in [5.74, 6) is -0.900. The van der Waals surface area contributed by atoms with Crippen molar-refractivity contribution in [1.29, 1.82) is 0 Å². The second kappa shape index (κ2) is 10.1. The summed E-state index contributed by atoms with van der Waals surface area (Å²) in [7, 11) is -3.92. The number of hydrogen-bond acceptors (Lipinski definition) is 5. The van der Waals surface area contributed by atoms with Crippen molar-refractivity contribution in [3.05, 3.63) is 88.0 Å². The third kappa shape index (κ3) is 5.63. The maximum Gasteiger partial charge on any atom is 0.338 e. The minimum absolute atomic E-state index is 0.0227. The lowest BCUT2D eigenvalue weighted by Crippen LogP contribution is -2.18. The average molecular weight is 481 g/mol. The van der Waals surface area contributed by atoms with E-state index >= 15 is 0 Å². The zero-order valence-electron chi connectivity index (χ0n) is 19.9. The Bertz CT molecular complexity index is 1360. The number of carbonyl (C=O) groups is 2. The fourth-order valence-corrected chi connectivity index (χ4v) is 4.90. The van der Waals surface area contributed by atoms with E-state index in [1.807, 2.05) is 26.0 Å². The van der Waals surface area contributed by atoms with Gasteiger partial charge in [0.25, 0.3) is 15.9 Å². The molecule has 0 aromatic heterocycles. The van der Waals surface area contributed by atoms with Crippen molar-refractivity contribution in [3.8, 4) is 0 Å². The number of carbonyl (C=O) groups excluding carboxylic acids is 2. The molecule has 0 spiro atoms. The zero-order valence-corrected chi connectivity index (χ0v) is 20.7.